The third kappa shape index (κ3) is 4.97. The first-order chi connectivity index (χ1) is 16.1. The molecule has 3 fully saturated rings. The van der Waals surface area contributed by atoms with Gasteiger partial charge in [0.1, 0.15) is 11.6 Å². The molecule has 200 valence electrons. The maximum atomic E-state index is 14.0. The quantitative estimate of drug-likeness (QED) is 0.406. The van der Waals surface area contributed by atoms with Crippen LogP contribution in [0.3, 0.4) is 0 Å². The van der Waals surface area contributed by atoms with Gasteiger partial charge in [0.15, 0.2) is 0 Å². The molecular weight excluding hydrogens is 446 g/mol. The van der Waals surface area contributed by atoms with E-state index in [1.807, 2.05) is 27.7 Å². The molecule has 3 unspecified atom stereocenters. The molecule has 3 heterocycles. The Morgan fingerprint density at radius 1 is 1.17 bits per heavy atom. The lowest BCUT2D eigenvalue weighted by atomic mass is 9.62. The molecule has 0 saturated carbocycles. The number of hydrogen-bond acceptors (Lipinski definition) is 5. The van der Waals surface area contributed by atoms with Gasteiger partial charge in [-0.2, -0.15) is 0 Å². The van der Waals surface area contributed by atoms with Crippen LogP contribution in [0.25, 0.3) is 0 Å². The summed E-state index contributed by atoms with van der Waals surface area (Å²) in [4.78, 5) is 42.9. The van der Waals surface area contributed by atoms with Crippen LogP contribution in [0.5, 0.6) is 0 Å². The predicted octanol–water partition coefficient (Wildman–Crippen LogP) is 2.63. The van der Waals surface area contributed by atoms with Gasteiger partial charge in [-0.3, -0.25) is 14.4 Å². The third-order valence-corrected chi connectivity index (χ3v) is 8.14. The number of nitrogens with one attached hydrogen (secondary N) is 2. The number of fused-ring (bicyclic) bond motifs is 1. The zero-order valence-electron chi connectivity index (χ0n) is 23.0. The largest absolute Gasteiger partial charge is 0.396 e. The SMILES string of the molecule is CCCNC(=O)[C@H]1[C@H]2C(=O)N(CCCCO)C(C(=O)NC(C)(C)CC(C)(C)C)C23CC(C)[C@]1(C)O3. The molecule has 3 saturated heterocycles. The van der Waals surface area contributed by atoms with Crippen molar-refractivity contribution in [1.82, 2.24) is 15.5 Å². The maximum Gasteiger partial charge on any atom is 0.246 e. The van der Waals surface area contributed by atoms with Gasteiger partial charge < -0.3 is 25.4 Å². The standard InChI is InChI=1S/C27H47N3O5/c1-9-12-28-21(32)18-19-23(34)30(13-10-11-14-31)20(27(19)15-17(2)26(18,8)35-27)22(33)29-25(6,7)16-24(3,4)5/h17-20,31H,9-16H2,1-8H3,(H,28,32)(H,29,33)/t17?,18-,19+,20?,26+,27?/m1/s1. The minimum Gasteiger partial charge on any atom is -0.396 e. The highest BCUT2D eigenvalue weighted by atomic mass is 16.5. The van der Waals surface area contributed by atoms with E-state index in [2.05, 4.69) is 38.3 Å². The lowest BCUT2D eigenvalue weighted by molar-refractivity contribution is -0.148. The highest BCUT2D eigenvalue weighted by Crippen LogP contribution is 2.65. The number of aliphatic hydroxyl groups is 1. The Kier molecular flexibility index (Phi) is 7.70. The van der Waals surface area contributed by atoms with E-state index in [9.17, 15) is 19.5 Å². The van der Waals surface area contributed by atoms with Crippen LogP contribution in [-0.2, 0) is 19.1 Å². The van der Waals surface area contributed by atoms with E-state index in [0.29, 0.717) is 32.4 Å². The maximum absolute atomic E-state index is 14.0. The molecule has 3 amide bonds. The number of aliphatic hydroxyl groups excluding tert-OH is 1. The van der Waals surface area contributed by atoms with Gasteiger partial charge in [0.25, 0.3) is 0 Å². The minimum absolute atomic E-state index is 0.0106. The van der Waals surface area contributed by atoms with Gasteiger partial charge in [0.2, 0.25) is 17.7 Å². The Hall–Kier alpha value is -1.67. The molecule has 35 heavy (non-hydrogen) atoms. The minimum atomic E-state index is -1.03. The fourth-order valence-corrected chi connectivity index (χ4v) is 7.20. The summed E-state index contributed by atoms with van der Waals surface area (Å²) in [5.41, 5.74) is -2.29. The van der Waals surface area contributed by atoms with Crippen molar-refractivity contribution in [2.75, 3.05) is 19.7 Å². The summed E-state index contributed by atoms with van der Waals surface area (Å²) >= 11 is 0. The van der Waals surface area contributed by atoms with Crippen LogP contribution < -0.4 is 10.6 Å². The van der Waals surface area contributed by atoms with Crippen molar-refractivity contribution in [3.8, 4) is 0 Å². The van der Waals surface area contributed by atoms with Gasteiger partial charge in [0, 0.05) is 25.2 Å². The number of amides is 3. The van der Waals surface area contributed by atoms with Gasteiger partial charge in [-0.15, -0.1) is 0 Å². The van der Waals surface area contributed by atoms with Gasteiger partial charge in [0.05, 0.1) is 17.4 Å². The Morgan fingerprint density at radius 3 is 2.40 bits per heavy atom. The zero-order valence-corrected chi connectivity index (χ0v) is 23.0. The number of rotatable bonds is 10. The lowest BCUT2D eigenvalue weighted by Crippen LogP contribution is -2.59. The second kappa shape index (κ2) is 9.66. The van der Waals surface area contributed by atoms with E-state index in [1.165, 1.54) is 0 Å². The van der Waals surface area contributed by atoms with E-state index in [-0.39, 0.29) is 35.7 Å². The molecule has 2 bridgehead atoms. The van der Waals surface area contributed by atoms with E-state index in [4.69, 9.17) is 4.74 Å². The number of carbonyl (C=O) groups excluding carboxylic acids is 3. The summed E-state index contributed by atoms with van der Waals surface area (Å²) in [6.07, 6.45) is 3.26. The van der Waals surface area contributed by atoms with E-state index in [1.54, 1.807) is 4.90 Å². The van der Waals surface area contributed by atoms with Gasteiger partial charge in [-0.25, -0.2) is 0 Å². The van der Waals surface area contributed by atoms with Crippen LogP contribution in [-0.4, -0.2) is 70.2 Å². The van der Waals surface area contributed by atoms with Crippen molar-refractivity contribution < 1.29 is 24.2 Å². The van der Waals surface area contributed by atoms with E-state index >= 15 is 0 Å². The Balaban J connectivity index is 2.00. The Bertz CT molecular complexity index is 837. The molecule has 3 rings (SSSR count). The molecular formula is C27H47N3O5. The van der Waals surface area contributed by atoms with Crippen molar-refractivity contribution >= 4 is 17.7 Å². The van der Waals surface area contributed by atoms with Crippen LogP contribution in [0.15, 0.2) is 0 Å². The summed E-state index contributed by atoms with van der Waals surface area (Å²) in [6.45, 7) is 17.3. The normalized spacial score (nSPS) is 34.3. The highest BCUT2D eigenvalue weighted by Gasteiger charge is 2.79. The van der Waals surface area contributed by atoms with E-state index < -0.39 is 34.6 Å². The molecule has 3 aliphatic rings. The lowest BCUT2D eigenvalue weighted by Gasteiger charge is -2.38. The van der Waals surface area contributed by atoms with Crippen molar-refractivity contribution in [1.29, 1.82) is 0 Å². The molecule has 0 aromatic carbocycles. The average Bonchev–Trinajstić information content (AvgIpc) is 3.21. The monoisotopic (exact) mass is 493 g/mol. The first-order valence-electron chi connectivity index (χ1n) is 13.3. The Labute approximate surface area is 210 Å². The summed E-state index contributed by atoms with van der Waals surface area (Å²) in [7, 11) is 0. The predicted molar refractivity (Wildman–Crippen MR) is 134 cm³/mol. The molecule has 0 radical (unpaired) electrons. The molecule has 0 aliphatic carbocycles. The van der Waals surface area contributed by atoms with Crippen molar-refractivity contribution in [2.24, 2.45) is 23.2 Å². The van der Waals surface area contributed by atoms with Crippen molar-refractivity contribution in [3.05, 3.63) is 0 Å². The molecule has 0 aromatic rings. The average molecular weight is 494 g/mol. The smallest absolute Gasteiger partial charge is 0.246 e. The molecule has 8 heteroatoms. The zero-order chi connectivity index (χ0) is 26.4. The number of hydrogen-bond donors (Lipinski definition) is 3. The topological polar surface area (TPSA) is 108 Å². The molecule has 6 atom stereocenters. The molecule has 3 aliphatic heterocycles. The van der Waals surface area contributed by atoms with Crippen LogP contribution in [0.1, 0.15) is 87.5 Å². The Morgan fingerprint density at radius 2 is 1.83 bits per heavy atom. The van der Waals surface area contributed by atoms with Crippen molar-refractivity contribution in [3.63, 3.8) is 0 Å². The van der Waals surface area contributed by atoms with Gasteiger partial charge >= 0.3 is 0 Å². The summed E-state index contributed by atoms with van der Waals surface area (Å²) in [5, 5.41) is 15.5. The van der Waals surface area contributed by atoms with E-state index in [0.717, 1.165) is 12.8 Å². The fraction of sp³-hybridized carbons (Fsp3) is 0.889. The van der Waals surface area contributed by atoms with Crippen LogP contribution in [0.2, 0.25) is 0 Å². The first kappa shape index (κ1) is 27.9. The number of likely N-dealkylation sites (tertiary alicyclic amines) is 1. The summed E-state index contributed by atoms with van der Waals surface area (Å²) in [6, 6.07) is -0.800. The number of carbonyl (C=O) groups is 3. The van der Waals surface area contributed by atoms with Gasteiger partial charge in [-0.1, -0.05) is 34.6 Å². The fourth-order valence-electron chi connectivity index (χ4n) is 7.20. The first-order valence-corrected chi connectivity index (χ1v) is 13.3. The summed E-state index contributed by atoms with van der Waals surface area (Å²) < 4.78 is 6.72. The molecule has 0 aromatic heterocycles. The number of ether oxygens (including phenoxy) is 1. The van der Waals surface area contributed by atoms with Crippen molar-refractivity contribution in [2.45, 2.75) is 110 Å². The van der Waals surface area contributed by atoms with Crippen LogP contribution in [0, 0.1) is 23.2 Å². The highest BCUT2D eigenvalue weighted by molar-refractivity contribution is 5.99. The summed E-state index contributed by atoms with van der Waals surface area (Å²) in [5.74, 6) is -1.85. The number of unbranched alkanes of at least 4 members (excludes halogenated alkanes) is 1. The van der Waals surface area contributed by atoms with Gasteiger partial charge in [-0.05, 0) is 64.2 Å². The number of nitrogens with zero attached hydrogens (tertiary/aromatic N) is 1. The van der Waals surface area contributed by atoms with Crippen LogP contribution >= 0.6 is 0 Å². The third-order valence-electron chi connectivity index (χ3n) is 8.14. The molecule has 8 nitrogen and oxygen atoms in total. The molecule has 1 spiro atoms. The second-order valence-electron chi connectivity index (χ2n) is 13.1. The second-order valence-corrected chi connectivity index (χ2v) is 13.1. The molecule has 3 N–H and O–H groups in total. The van der Waals surface area contributed by atoms with Crippen LogP contribution in [0.4, 0.5) is 0 Å².